The first-order valence-electron chi connectivity index (χ1n) is 17.8. The van der Waals surface area contributed by atoms with Crippen molar-refractivity contribution in [3.63, 3.8) is 0 Å². The minimum absolute atomic E-state index is 1.25. The molecule has 0 radical (unpaired) electrons. The third-order valence-electron chi connectivity index (χ3n) is 10.7. The lowest BCUT2D eigenvalue weighted by molar-refractivity contribution is 1.66. The fraction of sp³-hybridized carbons (Fsp3) is 0. The molecule has 0 spiro atoms. The molecule has 52 heavy (non-hydrogen) atoms. The van der Waals surface area contributed by atoms with E-state index in [1.165, 1.54) is 106 Å². The molecule has 0 saturated heterocycles. The van der Waals surface area contributed by atoms with Crippen molar-refractivity contribution in [2.45, 2.75) is 0 Å². The zero-order valence-electron chi connectivity index (χ0n) is 28.1. The summed E-state index contributed by atoms with van der Waals surface area (Å²) in [5.41, 5.74) is 9.00. The molecule has 0 unspecified atom stereocenters. The van der Waals surface area contributed by atoms with Crippen LogP contribution in [-0.2, 0) is 0 Å². The van der Waals surface area contributed by atoms with Crippen LogP contribution in [-0.4, -0.2) is 0 Å². The standard InChI is InChI=1S/C50H30S2/c1-3-15-32(16-4-1)46-48-44(52-49(46)33-17-5-2-6-18-33)29-27-41-42-30-34(26-28-43(42)51-50(41)48)45-37-21-9-11-23-39(37)47(40-24-12-10-22-38(40)45)36-25-13-19-31-14-7-8-20-35(31)36/h1-30H. The summed E-state index contributed by atoms with van der Waals surface area (Å²) in [6.45, 7) is 0. The monoisotopic (exact) mass is 694 g/mol. The Morgan fingerprint density at radius 1 is 0.308 bits per heavy atom. The third-order valence-corrected chi connectivity index (χ3v) is 13.1. The maximum absolute atomic E-state index is 2.46. The van der Waals surface area contributed by atoms with Gasteiger partial charge in [-0.2, -0.15) is 0 Å². The van der Waals surface area contributed by atoms with Crippen molar-refractivity contribution in [3.8, 4) is 43.8 Å². The van der Waals surface area contributed by atoms with E-state index in [-0.39, 0.29) is 0 Å². The molecular formula is C50H30S2. The molecule has 0 N–H and O–H groups in total. The van der Waals surface area contributed by atoms with Crippen LogP contribution in [0.3, 0.4) is 0 Å². The van der Waals surface area contributed by atoms with Gasteiger partial charge in [0.05, 0.1) is 0 Å². The Balaban J connectivity index is 1.19. The molecule has 11 aromatic rings. The first-order valence-corrected chi connectivity index (χ1v) is 19.4. The second-order valence-corrected chi connectivity index (χ2v) is 15.6. The Morgan fingerprint density at radius 3 is 1.60 bits per heavy atom. The SMILES string of the molecule is c1ccc(-c2sc3ccc4c5cc(-c6c7ccccc7c(-c7cccc8ccccc78)c7ccccc67)ccc5sc4c3c2-c2ccccc2)cc1. The summed E-state index contributed by atoms with van der Waals surface area (Å²) in [4.78, 5) is 1.33. The van der Waals surface area contributed by atoms with E-state index in [0.29, 0.717) is 0 Å². The molecule has 0 amide bonds. The molecule has 0 bridgehead atoms. The van der Waals surface area contributed by atoms with Crippen LogP contribution in [0.5, 0.6) is 0 Å². The van der Waals surface area contributed by atoms with Crippen LogP contribution in [0.2, 0.25) is 0 Å². The first kappa shape index (κ1) is 29.6. The number of hydrogen-bond acceptors (Lipinski definition) is 2. The Kier molecular flexibility index (Phi) is 6.70. The summed E-state index contributed by atoms with van der Waals surface area (Å²) in [7, 11) is 0. The molecular weight excluding hydrogens is 665 g/mol. The van der Waals surface area contributed by atoms with Gasteiger partial charge in [0.2, 0.25) is 0 Å². The van der Waals surface area contributed by atoms with Gasteiger partial charge < -0.3 is 0 Å². The fourth-order valence-electron chi connectivity index (χ4n) is 8.42. The molecule has 9 aromatic carbocycles. The number of thiophene rings is 2. The normalized spacial score (nSPS) is 11.8. The van der Waals surface area contributed by atoms with Gasteiger partial charge in [0.1, 0.15) is 0 Å². The number of fused-ring (bicyclic) bond motifs is 8. The van der Waals surface area contributed by atoms with Crippen LogP contribution < -0.4 is 0 Å². The average molecular weight is 695 g/mol. The van der Waals surface area contributed by atoms with Gasteiger partial charge in [-0.05, 0) is 83.9 Å². The predicted molar refractivity (Wildman–Crippen MR) is 229 cm³/mol. The van der Waals surface area contributed by atoms with Crippen LogP contribution in [0.15, 0.2) is 182 Å². The maximum Gasteiger partial charge on any atom is 0.0448 e. The highest BCUT2D eigenvalue weighted by atomic mass is 32.1. The van der Waals surface area contributed by atoms with Gasteiger partial charge in [0.15, 0.2) is 0 Å². The van der Waals surface area contributed by atoms with E-state index in [1.54, 1.807) is 0 Å². The Morgan fingerprint density at radius 2 is 0.885 bits per heavy atom. The largest absolute Gasteiger partial charge is 0.134 e. The van der Waals surface area contributed by atoms with Crippen molar-refractivity contribution in [2.75, 3.05) is 0 Å². The van der Waals surface area contributed by atoms with Crippen molar-refractivity contribution >= 4 is 85.2 Å². The molecule has 2 heteroatoms. The van der Waals surface area contributed by atoms with Gasteiger partial charge in [-0.25, -0.2) is 0 Å². The summed E-state index contributed by atoms with van der Waals surface area (Å²) in [6.07, 6.45) is 0. The van der Waals surface area contributed by atoms with Crippen molar-refractivity contribution in [1.29, 1.82) is 0 Å². The average Bonchev–Trinajstić information content (AvgIpc) is 3.79. The summed E-state index contributed by atoms with van der Waals surface area (Å²) >= 11 is 3.83. The van der Waals surface area contributed by atoms with Crippen LogP contribution in [0.4, 0.5) is 0 Å². The van der Waals surface area contributed by atoms with E-state index < -0.39 is 0 Å². The molecule has 0 aliphatic heterocycles. The predicted octanol–water partition coefficient (Wildman–Crippen LogP) is 15.4. The second kappa shape index (κ2) is 11.7. The van der Waals surface area contributed by atoms with E-state index >= 15 is 0 Å². The maximum atomic E-state index is 2.46. The van der Waals surface area contributed by atoms with Crippen LogP contribution >= 0.6 is 22.7 Å². The minimum Gasteiger partial charge on any atom is -0.134 e. The second-order valence-electron chi connectivity index (χ2n) is 13.5. The lowest BCUT2D eigenvalue weighted by Crippen LogP contribution is -1.91. The van der Waals surface area contributed by atoms with E-state index in [2.05, 4.69) is 182 Å². The summed E-state index contributed by atoms with van der Waals surface area (Å²) < 4.78 is 4.01. The molecule has 0 nitrogen and oxygen atoms in total. The molecule has 0 fully saturated rings. The molecule has 242 valence electrons. The smallest absolute Gasteiger partial charge is 0.0448 e. The third kappa shape index (κ3) is 4.45. The zero-order valence-corrected chi connectivity index (χ0v) is 29.8. The summed E-state index contributed by atoms with van der Waals surface area (Å²) in [5.74, 6) is 0. The van der Waals surface area contributed by atoms with Crippen LogP contribution in [0.25, 0.3) is 106 Å². The highest BCUT2D eigenvalue weighted by Gasteiger charge is 2.22. The topological polar surface area (TPSA) is 0 Å². The molecule has 0 aliphatic carbocycles. The van der Waals surface area contributed by atoms with Gasteiger partial charge in [0, 0.05) is 40.7 Å². The van der Waals surface area contributed by atoms with Crippen LogP contribution in [0, 0.1) is 0 Å². The summed E-state index contributed by atoms with van der Waals surface area (Å²) in [6, 6.07) is 67.1. The zero-order chi connectivity index (χ0) is 34.2. The van der Waals surface area contributed by atoms with Gasteiger partial charge in [-0.1, -0.05) is 164 Å². The lowest BCUT2D eigenvalue weighted by Gasteiger charge is -2.19. The Hall–Kier alpha value is -6.06. The van der Waals surface area contributed by atoms with Crippen LogP contribution in [0.1, 0.15) is 0 Å². The van der Waals surface area contributed by atoms with Crippen molar-refractivity contribution < 1.29 is 0 Å². The van der Waals surface area contributed by atoms with E-state index in [0.717, 1.165) is 0 Å². The Bertz CT molecular complexity index is 3100. The Labute approximate surface area is 309 Å². The van der Waals surface area contributed by atoms with Gasteiger partial charge in [-0.15, -0.1) is 22.7 Å². The number of hydrogen-bond donors (Lipinski definition) is 0. The van der Waals surface area contributed by atoms with Gasteiger partial charge >= 0.3 is 0 Å². The molecule has 0 aliphatic rings. The van der Waals surface area contributed by atoms with Crippen molar-refractivity contribution in [3.05, 3.63) is 182 Å². The molecule has 11 rings (SSSR count). The summed E-state index contributed by atoms with van der Waals surface area (Å²) in [5, 5.41) is 11.7. The van der Waals surface area contributed by atoms with E-state index in [9.17, 15) is 0 Å². The van der Waals surface area contributed by atoms with Gasteiger partial charge in [0.25, 0.3) is 0 Å². The number of benzene rings is 9. The quantitative estimate of drug-likeness (QED) is 0.161. The highest BCUT2D eigenvalue weighted by molar-refractivity contribution is 7.28. The lowest BCUT2D eigenvalue weighted by atomic mass is 9.84. The minimum atomic E-state index is 1.25. The molecule has 2 heterocycles. The van der Waals surface area contributed by atoms with E-state index in [4.69, 9.17) is 0 Å². The number of rotatable bonds is 4. The van der Waals surface area contributed by atoms with Gasteiger partial charge in [-0.3, -0.25) is 0 Å². The molecule has 2 aromatic heterocycles. The van der Waals surface area contributed by atoms with Crippen molar-refractivity contribution in [1.82, 2.24) is 0 Å². The molecule has 0 atom stereocenters. The highest BCUT2D eigenvalue weighted by Crippen LogP contribution is 2.51. The molecule has 0 saturated carbocycles. The van der Waals surface area contributed by atoms with E-state index in [1.807, 2.05) is 22.7 Å². The van der Waals surface area contributed by atoms with Crippen molar-refractivity contribution in [2.24, 2.45) is 0 Å². The first-order chi connectivity index (χ1) is 25.8. The fourth-order valence-corrected chi connectivity index (χ4v) is 11.0.